The third-order valence-corrected chi connectivity index (χ3v) is 8.17. The second-order valence-electron chi connectivity index (χ2n) is 9.36. The highest BCUT2D eigenvalue weighted by atomic mass is 32.2. The molecule has 0 saturated heterocycles. The van der Waals surface area contributed by atoms with Gasteiger partial charge in [-0.25, -0.2) is 17.2 Å². The number of amides is 2. The van der Waals surface area contributed by atoms with Gasteiger partial charge in [0.2, 0.25) is 11.8 Å². The van der Waals surface area contributed by atoms with Crippen molar-refractivity contribution in [2.45, 2.75) is 51.1 Å². The maximum absolute atomic E-state index is 13.8. The molecule has 3 aromatic rings. The predicted octanol–water partition coefficient (Wildman–Crippen LogP) is 4.89. The molecule has 0 fully saturated rings. The van der Waals surface area contributed by atoms with E-state index < -0.39 is 46.1 Å². The second kappa shape index (κ2) is 14.6. The van der Waals surface area contributed by atoms with E-state index in [9.17, 15) is 26.8 Å². The lowest BCUT2D eigenvalue weighted by Gasteiger charge is -2.32. The average Bonchev–Trinajstić information content (AvgIpc) is 2.96. The number of benzene rings is 3. The Kier molecular flexibility index (Phi) is 11.2. The molecule has 3 aromatic carbocycles. The minimum absolute atomic E-state index is 0.0652. The molecule has 8 nitrogen and oxygen atoms in total. The first-order valence-electron chi connectivity index (χ1n) is 13.4. The molecule has 0 aromatic heterocycles. The van der Waals surface area contributed by atoms with E-state index in [1.54, 1.807) is 13.8 Å². The number of rotatable bonds is 14. The lowest BCUT2D eigenvalue weighted by molar-refractivity contribution is -0.139. The number of carbonyl (C=O) groups excluding carboxylic acids is 2. The van der Waals surface area contributed by atoms with Crippen molar-refractivity contribution in [2.75, 3.05) is 24.0 Å². The Morgan fingerprint density at radius 2 is 1.49 bits per heavy atom. The first-order chi connectivity index (χ1) is 19.6. The van der Waals surface area contributed by atoms with Crippen LogP contribution in [0.1, 0.15) is 39.2 Å². The molecule has 0 aliphatic carbocycles. The summed E-state index contributed by atoms with van der Waals surface area (Å²) < 4.78 is 61.2. The third kappa shape index (κ3) is 8.50. The number of sulfonamides is 1. The van der Waals surface area contributed by atoms with E-state index in [0.29, 0.717) is 24.5 Å². The van der Waals surface area contributed by atoms with Crippen LogP contribution in [0.4, 0.5) is 14.5 Å². The number of carbonyl (C=O) groups is 2. The summed E-state index contributed by atoms with van der Waals surface area (Å²) in [7, 11) is -4.31. The van der Waals surface area contributed by atoms with Gasteiger partial charge in [-0.1, -0.05) is 25.5 Å². The zero-order valence-electron chi connectivity index (χ0n) is 23.3. The van der Waals surface area contributed by atoms with Crippen LogP contribution in [0.2, 0.25) is 0 Å². The van der Waals surface area contributed by atoms with Crippen molar-refractivity contribution in [3.05, 3.63) is 90.0 Å². The zero-order valence-corrected chi connectivity index (χ0v) is 24.2. The Hall–Kier alpha value is -3.99. The van der Waals surface area contributed by atoms with E-state index in [1.807, 2.05) is 6.92 Å². The number of nitrogens with zero attached hydrogens (tertiary/aromatic N) is 2. The molecule has 1 N–H and O–H groups in total. The summed E-state index contributed by atoms with van der Waals surface area (Å²) in [6.07, 6.45) is 1.62. The number of ether oxygens (including phenoxy) is 1. The van der Waals surface area contributed by atoms with Crippen LogP contribution < -0.4 is 14.4 Å². The standard InChI is InChI=1S/C30H35F2N3O5S/c1-4-6-19-33-30(37)22(3)34(20-23-7-9-24(31)10-8-23)29(36)21-35(26-13-11-25(32)12-14-26)41(38,39)28-17-15-27(16-18-28)40-5-2/h7-18,22H,4-6,19-21H2,1-3H3,(H,33,37)/t22-/m0/s1. The van der Waals surface area contributed by atoms with E-state index in [-0.39, 0.29) is 17.1 Å². The lowest BCUT2D eigenvalue weighted by atomic mass is 10.1. The molecule has 1 atom stereocenters. The lowest BCUT2D eigenvalue weighted by Crippen LogP contribution is -2.51. The summed E-state index contributed by atoms with van der Waals surface area (Å²) in [5.74, 6) is -1.64. The first-order valence-corrected chi connectivity index (χ1v) is 14.8. The van der Waals surface area contributed by atoms with Crippen molar-refractivity contribution < 1.29 is 31.5 Å². The van der Waals surface area contributed by atoms with E-state index in [4.69, 9.17) is 4.74 Å². The number of anilines is 1. The van der Waals surface area contributed by atoms with Crippen LogP contribution in [0, 0.1) is 11.6 Å². The van der Waals surface area contributed by atoms with Gasteiger partial charge in [0.25, 0.3) is 10.0 Å². The summed E-state index contributed by atoms with van der Waals surface area (Å²) in [5, 5.41) is 2.80. The Morgan fingerprint density at radius 3 is 2.05 bits per heavy atom. The highest BCUT2D eigenvalue weighted by Crippen LogP contribution is 2.26. The highest BCUT2D eigenvalue weighted by Gasteiger charge is 2.32. The number of nitrogens with one attached hydrogen (secondary N) is 1. The molecule has 0 aliphatic heterocycles. The Balaban J connectivity index is 1.98. The molecular formula is C30H35F2N3O5S. The van der Waals surface area contributed by atoms with E-state index in [2.05, 4.69) is 5.32 Å². The van der Waals surface area contributed by atoms with Gasteiger partial charge in [-0.05, 0) is 86.5 Å². The van der Waals surface area contributed by atoms with Crippen molar-refractivity contribution in [3.63, 3.8) is 0 Å². The maximum atomic E-state index is 13.8. The molecule has 2 amide bonds. The fourth-order valence-electron chi connectivity index (χ4n) is 4.04. The van der Waals surface area contributed by atoms with E-state index >= 15 is 0 Å². The zero-order chi connectivity index (χ0) is 30.0. The molecule has 0 heterocycles. The quantitative estimate of drug-likeness (QED) is 0.271. The first kappa shape index (κ1) is 31.5. The van der Waals surface area contributed by atoms with Gasteiger partial charge >= 0.3 is 0 Å². The van der Waals surface area contributed by atoms with Crippen LogP contribution in [-0.4, -0.2) is 50.9 Å². The van der Waals surface area contributed by atoms with Gasteiger partial charge in [-0.3, -0.25) is 13.9 Å². The SMILES string of the molecule is CCCCNC(=O)[C@H](C)N(Cc1ccc(F)cc1)C(=O)CN(c1ccc(F)cc1)S(=O)(=O)c1ccc(OCC)cc1. The molecule has 220 valence electrons. The van der Waals surface area contributed by atoms with Crippen molar-refractivity contribution in [3.8, 4) is 5.75 Å². The van der Waals surface area contributed by atoms with Gasteiger partial charge in [-0.15, -0.1) is 0 Å². The summed E-state index contributed by atoms with van der Waals surface area (Å²) in [6, 6.07) is 15.0. The highest BCUT2D eigenvalue weighted by molar-refractivity contribution is 7.92. The smallest absolute Gasteiger partial charge is 0.264 e. The van der Waals surface area contributed by atoms with Gasteiger partial charge in [-0.2, -0.15) is 0 Å². The van der Waals surface area contributed by atoms with Gasteiger partial charge in [0.05, 0.1) is 17.2 Å². The number of unbranched alkanes of at least 4 members (excludes halogenated alkanes) is 1. The molecule has 0 saturated carbocycles. The minimum atomic E-state index is -4.31. The molecule has 0 spiro atoms. The number of hydrogen-bond acceptors (Lipinski definition) is 5. The Bertz CT molecular complexity index is 1400. The summed E-state index contributed by atoms with van der Waals surface area (Å²) in [6.45, 7) is 5.41. The van der Waals surface area contributed by atoms with E-state index in [1.165, 1.54) is 65.6 Å². The third-order valence-electron chi connectivity index (χ3n) is 6.38. The Morgan fingerprint density at radius 1 is 0.902 bits per heavy atom. The molecule has 41 heavy (non-hydrogen) atoms. The topological polar surface area (TPSA) is 96.0 Å². The predicted molar refractivity (Wildman–Crippen MR) is 153 cm³/mol. The van der Waals surface area contributed by atoms with Crippen LogP contribution in [0.25, 0.3) is 0 Å². The fraction of sp³-hybridized carbons (Fsp3) is 0.333. The number of halogens is 2. The van der Waals surface area contributed by atoms with Gasteiger partial charge in [0.1, 0.15) is 30.0 Å². The average molecular weight is 588 g/mol. The van der Waals surface area contributed by atoms with Crippen LogP contribution in [0.5, 0.6) is 5.75 Å². The van der Waals surface area contributed by atoms with Gasteiger partial charge in [0, 0.05) is 13.1 Å². The molecular weight excluding hydrogens is 552 g/mol. The molecule has 11 heteroatoms. The molecule has 0 aliphatic rings. The number of hydrogen-bond donors (Lipinski definition) is 1. The van der Waals surface area contributed by atoms with Crippen LogP contribution in [-0.2, 0) is 26.2 Å². The summed E-state index contributed by atoms with van der Waals surface area (Å²) in [4.78, 5) is 27.9. The van der Waals surface area contributed by atoms with Crippen molar-refractivity contribution in [1.82, 2.24) is 10.2 Å². The van der Waals surface area contributed by atoms with Crippen molar-refractivity contribution in [2.24, 2.45) is 0 Å². The largest absolute Gasteiger partial charge is 0.494 e. The van der Waals surface area contributed by atoms with E-state index in [0.717, 1.165) is 29.3 Å². The normalized spacial score (nSPS) is 11.9. The van der Waals surface area contributed by atoms with Crippen LogP contribution in [0.15, 0.2) is 77.7 Å². The Labute approximate surface area is 240 Å². The van der Waals surface area contributed by atoms with Crippen molar-refractivity contribution >= 4 is 27.5 Å². The molecule has 3 rings (SSSR count). The molecule has 0 bridgehead atoms. The second-order valence-corrected chi connectivity index (χ2v) is 11.2. The monoisotopic (exact) mass is 587 g/mol. The maximum Gasteiger partial charge on any atom is 0.264 e. The van der Waals surface area contributed by atoms with Gasteiger partial charge in [0.15, 0.2) is 0 Å². The minimum Gasteiger partial charge on any atom is -0.494 e. The van der Waals surface area contributed by atoms with Crippen LogP contribution in [0.3, 0.4) is 0 Å². The fourth-order valence-corrected chi connectivity index (χ4v) is 5.46. The van der Waals surface area contributed by atoms with Crippen molar-refractivity contribution in [1.29, 1.82) is 0 Å². The van der Waals surface area contributed by atoms with Crippen LogP contribution >= 0.6 is 0 Å². The molecule has 0 radical (unpaired) electrons. The summed E-state index contributed by atoms with van der Waals surface area (Å²) >= 11 is 0. The summed E-state index contributed by atoms with van der Waals surface area (Å²) in [5.41, 5.74) is 0.617. The van der Waals surface area contributed by atoms with Gasteiger partial charge < -0.3 is 15.0 Å². The molecule has 0 unspecified atom stereocenters.